The van der Waals surface area contributed by atoms with Crippen LogP contribution in [0.15, 0.2) is 17.3 Å². The predicted molar refractivity (Wildman–Crippen MR) is 31.4 cm³/mol. The molecule has 0 fully saturated rings. The van der Waals surface area contributed by atoms with Gasteiger partial charge in [0.15, 0.2) is 0 Å². The third-order valence-corrected chi connectivity index (χ3v) is 1.01. The molecule has 0 bridgehead atoms. The molecule has 0 saturated carbocycles. The molecule has 2 nitrogen and oxygen atoms in total. The molecule has 0 amide bonds. The molecule has 1 aliphatic rings. The number of allylic oxidation sites excluding steroid dienone is 1. The first kappa shape index (κ1) is 5.04. The molecular weight excluding hydrogens is 100 g/mol. The molecular formula is C6H6N2. The Morgan fingerprint density at radius 2 is 2.62 bits per heavy atom. The molecule has 0 aromatic carbocycles. The number of hydrogen-bond donors (Lipinski definition) is 0. The van der Waals surface area contributed by atoms with Crippen LogP contribution in [0, 0.1) is 17.2 Å². The lowest BCUT2D eigenvalue weighted by molar-refractivity contribution is 0.897. The highest BCUT2D eigenvalue weighted by Gasteiger charge is 2.01. The Morgan fingerprint density at radius 1 is 1.75 bits per heavy atom. The lowest BCUT2D eigenvalue weighted by atomic mass is 10.1. The first-order chi connectivity index (χ1) is 3.93. The summed E-state index contributed by atoms with van der Waals surface area (Å²) in [6.07, 6.45) is 6.10. The monoisotopic (exact) mass is 106 g/mol. The molecule has 1 atom stereocenters. The lowest BCUT2D eigenvalue weighted by Gasteiger charge is -1.98. The van der Waals surface area contributed by atoms with E-state index in [0.717, 1.165) is 6.42 Å². The highest BCUT2D eigenvalue weighted by molar-refractivity contribution is 5.66. The van der Waals surface area contributed by atoms with Crippen molar-refractivity contribution < 1.29 is 0 Å². The minimum Gasteiger partial charge on any atom is -0.268 e. The van der Waals surface area contributed by atoms with Crippen LogP contribution in [0.5, 0.6) is 0 Å². The summed E-state index contributed by atoms with van der Waals surface area (Å²) in [5, 5.41) is 8.32. The van der Waals surface area contributed by atoms with Gasteiger partial charge in [0.25, 0.3) is 0 Å². The van der Waals surface area contributed by atoms with Gasteiger partial charge in [-0.2, -0.15) is 5.26 Å². The van der Waals surface area contributed by atoms with E-state index in [9.17, 15) is 0 Å². The fourth-order valence-corrected chi connectivity index (χ4v) is 0.569. The van der Waals surface area contributed by atoms with Gasteiger partial charge in [-0.15, -0.1) is 0 Å². The Hall–Kier alpha value is -1.10. The van der Waals surface area contributed by atoms with E-state index in [-0.39, 0.29) is 5.92 Å². The minimum absolute atomic E-state index is 0.0139. The van der Waals surface area contributed by atoms with E-state index in [1.807, 2.05) is 6.08 Å². The van der Waals surface area contributed by atoms with E-state index < -0.39 is 0 Å². The highest BCUT2D eigenvalue weighted by Crippen LogP contribution is 2.03. The Kier molecular flexibility index (Phi) is 1.43. The summed E-state index contributed by atoms with van der Waals surface area (Å²) < 4.78 is 0. The lowest BCUT2D eigenvalue weighted by Crippen LogP contribution is -1.98. The van der Waals surface area contributed by atoms with Crippen molar-refractivity contribution in [3.05, 3.63) is 12.3 Å². The van der Waals surface area contributed by atoms with Crippen molar-refractivity contribution in [2.24, 2.45) is 10.9 Å². The van der Waals surface area contributed by atoms with Crippen LogP contribution in [0.2, 0.25) is 0 Å². The van der Waals surface area contributed by atoms with Crippen LogP contribution in [0.1, 0.15) is 6.42 Å². The molecule has 2 heteroatoms. The van der Waals surface area contributed by atoms with E-state index >= 15 is 0 Å². The third kappa shape index (κ3) is 0.941. The van der Waals surface area contributed by atoms with Crippen molar-refractivity contribution >= 4 is 6.21 Å². The van der Waals surface area contributed by atoms with Crippen LogP contribution in [0.4, 0.5) is 0 Å². The highest BCUT2D eigenvalue weighted by atomic mass is 14.7. The second-order valence-electron chi connectivity index (χ2n) is 1.65. The number of aliphatic imine (C=N–C) groups is 1. The maximum atomic E-state index is 8.32. The zero-order valence-corrected chi connectivity index (χ0v) is 4.41. The number of rotatable bonds is 0. The summed E-state index contributed by atoms with van der Waals surface area (Å²) in [7, 11) is 0. The molecule has 1 aliphatic heterocycles. The fraction of sp³-hybridized carbons (Fsp3) is 0.333. The summed E-state index contributed by atoms with van der Waals surface area (Å²) in [6.45, 7) is 0. The minimum atomic E-state index is 0.0139. The molecule has 40 valence electrons. The van der Waals surface area contributed by atoms with Gasteiger partial charge in [-0.3, -0.25) is 4.99 Å². The van der Waals surface area contributed by atoms with E-state index in [0.29, 0.717) is 0 Å². The van der Waals surface area contributed by atoms with Gasteiger partial charge < -0.3 is 0 Å². The standard InChI is InChI=1S/C6H6N2/c7-4-6-2-1-3-8-5-6/h1,3,5-6H,2H2. The average Bonchev–Trinajstić information content (AvgIpc) is 1.90. The first-order valence-electron chi connectivity index (χ1n) is 2.51. The van der Waals surface area contributed by atoms with Crippen LogP contribution in [0.25, 0.3) is 0 Å². The molecule has 0 spiro atoms. The largest absolute Gasteiger partial charge is 0.268 e. The topological polar surface area (TPSA) is 36.1 Å². The molecule has 0 aliphatic carbocycles. The molecule has 0 N–H and O–H groups in total. The fourth-order valence-electron chi connectivity index (χ4n) is 0.569. The van der Waals surface area contributed by atoms with Crippen LogP contribution < -0.4 is 0 Å². The normalized spacial score (nSPS) is 25.1. The van der Waals surface area contributed by atoms with Crippen LogP contribution in [-0.2, 0) is 0 Å². The van der Waals surface area contributed by atoms with Crippen LogP contribution in [0.3, 0.4) is 0 Å². The van der Waals surface area contributed by atoms with Gasteiger partial charge >= 0.3 is 0 Å². The van der Waals surface area contributed by atoms with Crippen molar-refractivity contribution in [2.75, 3.05) is 0 Å². The Morgan fingerprint density at radius 3 is 3.00 bits per heavy atom. The van der Waals surface area contributed by atoms with Gasteiger partial charge in [-0.25, -0.2) is 0 Å². The van der Waals surface area contributed by atoms with Crippen LogP contribution in [-0.4, -0.2) is 6.21 Å². The maximum absolute atomic E-state index is 8.32. The Balaban J connectivity index is 2.55. The summed E-state index contributed by atoms with van der Waals surface area (Å²) in [6, 6.07) is 2.10. The van der Waals surface area contributed by atoms with E-state index in [2.05, 4.69) is 11.1 Å². The molecule has 0 saturated heterocycles. The van der Waals surface area contributed by atoms with E-state index in [4.69, 9.17) is 5.26 Å². The zero-order chi connectivity index (χ0) is 5.82. The molecule has 1 rings (SSSR count). The SMILES string of the molecule is N#CC1C=NC=CC1. The third-order valence-electron chi connectivity index (χ3n) is 1.01. The number of hydrogen-bond acceptors (Lipinski definition) is 2. The molecule has 0 aromatic rings. The van der Waals surface area contributed by atoms with Gasteiger partial charge in [-0.05, 0) is 6.42 Å². The molecule has 8 heavy (non-hydrogen) atoms. The maximum Gasteiger partial charge on any atom is 0.0850 e. The second kappa shape index (κ2) is 2.27. The summed E-state index contributed by atoms with van der Waals surface area (Å²) >= 11 is 0. The first-order valence-corrected chi connectivity index (χ1v) is 2.51. The van der Waals surface area contributed by atoms with Crippen LogP contribution >= 0.6 is 0 Å². The molecule has 0 aromatic heterocycles. The van der Waals surface area contributed by atoms with Crippen molar-refractivity contribution in [1.29, 1.82) is 5.26 Å². The number of nitriles is 1. The van der Waals surface area contributed by atoms with Crippen molar-refractivity contribution in [3.63, 3.8) is 0 Å². The summed E-state index contributed by atoms with van der Waals surface area (Å²) in [4.78, 5) is 3.80. The van der Waals surface area contributed by atoms with Crippen molar-refractivity contribution in [2.45, 2.75) is 6.42 Å². The smallest absolute Gasteiger partial charge is 0.0850 e. The van der Waals surface area contributed by atoms with Gasteiger partial charge in [0.1, 0.15) is 0 Å². The Bertz CT molecular complexity index is 162. The average molecular weight is 106 g/mol. The van der Waals surface area contributed by atoms with Gasteiger partial charge in [0.2, 0.25) is 0 Å². The van der Waals surface area contributed by atoms with Gasteiger partial charge in [-0.1, -0.05) is 6.08 Å². The van der Waals surface area contributed by atoms with Crippen molar-refractivity contribution in [3.8, 4) is 6.07 Å². The molecule has 1 heterocycles. The second-order valence-corrected chi connectivity index (χ2v) is 1.65. The zero-order valence-electron chi connectivity index (χ0n) is 4.41. The quantitative estimate of drug-likeness (QED) is 0.455. The molecule has 1 unspecified atom stereocenters. The Labute approximate surface area is 48.2 Å². The molecule has 0 radical (unpaired) electrons. The van der Waals surface area contributed by atoms with Crippen molar-refractivity contribution in [1.82, 2.24) is 0 Å². The number of nitrogens with zero attached hydrogens (tertiary/aromatic N) is 2. The van der Waals surface area contributed by atoms with Gasteiger partial charge in [0, 0.05) is 12.4 Å². The van der Waals surface area contributed by atoms with E-state index in [1.165, 1.54) is 0 Å². The summed E-state index contributed by atoms with van der Waals surface area (Å²) in [5.41, 5.74) is 0. The van der Waals surface area contributed by atoms with E-state index in [1.54, 1.807) is 12.4 Å². The summed E-state index contributed by atoms with van der Waals surface area (Å²) in [5.74, 6) is 0.0139. The van der Waals surface area contributed by atoms with Gasteiger partial charge in [0.05, 0.1) is 12.0 Å². The predicted octanol–water partition coefficient (Wildman–Crippen LogP) is 1.11.